The van der Waals surface area contributed by atoms with E-state index >= 15 is 0 Å². The minimum atomic E-state index is 0.569. The molecule has 102 valence electrons. The fourth-order valence-corrected chi connectivity index (χ4v) is 2.69. The predicted molar refractivity (Wildman–Crippen MR) is 86.4 cm³/mol. The van der Waals surface area contributed by atoms with Gasteiger partial charge in [-0.1, -0.05) is 66.2 Å². The number of thioether (sulfide) groups is 1. The molecule has 0 amide bonds. The molecule has 1 aromatic heterocycles. The molecule has 3 rings (SSSR count). The molecular formula is C17H13N3S. The minimum absolute atomic E-state index is 0.569. The fraction of sp³-hybridized carbons (Fsp3) is 0.0588. The van der Waals surface area contributed by atoms with Gasteiger partial charge in [-0.3, -0.25) is 4.57 Å². The Labute approximate surface area is 128 Å². The summed E-state index contributed by atoms with van der Waals surface area (Å²) in [7, 11) is 0. The molecule has 0 N–H and O–H groups in total. The molecule has 0 saturated carbocycles. The van der Waals surface area contributed by atoms with Gasteiger partial charge in [-0.2, -0.15) is 0 Å². The predicted octanol–water partition coefficient (Wildman–Crippen LogP) is 3.66. The number of nitrogens with zero attached hydrogens (tertiary/aromatic N) is 3. The van der Waals surface area contributed by atoms with Crippen LogP contribution in [0.15, 0.2) is 65.8 Å². The number of rotatable bonds is 4. The van der Waals surface area contributed by atoms with Crippen molar-refractivity contribution in [1.82, 2.24) is 14.8 Å². The highest BCUT2D eigenvalue weighted by Gasteiger charge is 2.15. The van der Waals surface area contributed by atoms with Gasteiger partial charge in [0.05, 0.1) is 5.75 Å². The summed E-state index contributed by atoms with van der Waals surface area (Å²) in [4.78, 5) is 0. The number of terminal acetylenes is 1. The SMILES string of the molecule is C#CCSc1nnc(-c2ccccc2)n1-c1ccccc1. The lowest BCUT2D eigenvalue weighted by Crippen LogP contribution is -1.99. The van der Waals surface area contributed by atoms with Crippen LogP contribution in [-0.2, 0) is 0 Å². The highest BCUT2D eigenvalue weighted by Crippen LogP contribution is 2.27. The second-order valence-corrected chi connectivity index (χ2v) is 5.28. The molecule has 0 bridgehead atoms. The van der Waals surface area contributed by atoms with E-state index in [1.165, 1.54) is 11.8 Å². The highest BCUT2D eigenvalue weighted by molar-refractivity contribution is 7.99. The Morgan fingerprint density at radius 2 is 1.62 bits per heavy atom. The first-order chi connectivity index (χ1) is 10.4. The van der Waals surface area contributed by atoms with Gasteiger partial charge in [0.15, 0.2) is 11.0 Å². The first-order valence-corrected chi connectivity index (χ1v) is 7.51. The van der Waals surface area contributed by atoms with Gasteiger partial charge in [-0.25, -0.2) is 0 Å². The van der Waals surface area contributed by atoms with Crippen molar-refractivity contribution in [2.24, 2.45) is 0 Å². The Kier molecular flexibility index (Phi) is 4.04. The van der Waals surface area contributed by atoms with Crippen LogP contribution in [0, 0.1) is 12.3 Å². The average Bonchev–Trinajstić information content (AvgIpc) is 2.98. The number of para-hydroxylation sites is 1. The highest BCUT2D eigenvalue weighted by atomic mass is 32.2. The van der Waals surface area contributed by atoms with E-state index in [9.17, 15) is 0 Å². The first-order valence-electron chi connectivity index (χ1n) is 6.52. The third kappa shape index (κ3) is 2.83. The second kappa shape index (κ2) is 6.29. The quantitative estimate of drug-likeness (QED) is 0.543. The molecule has 21 heavy (non-hydrogen) atoms. The van der Waals surface area contributed by atoms with Crippen molar-refractivity contribution < 1.29 is 0 Å². The van der Waals surface area contributed by atoms with Gasteiger partial charge in [0.25, 0.3) is 0 Å². The Morgan fingerprint density at radius 1 is 0.952 bits per heavy atom. The zero-order chi connectivity index (χ0) is 14.5. The Hall–Kier alpha value is -2.51. The Balaban J connectivity index is 2.13. The van der Waals surface area contributed by atoms with E-state index < -0.39 is 0 Å². The van der Waals surface area contributed by atoms with Gasteiger partial charge in [-0.05, 0) is 12.1 Å². The van der Waals surface area contributed by atoms with Crippen molar-refractivity contribution in [2.75, 3.05) is 5.75 Å². The van der Waals surface area contributed by atoms with Gasteiger partial charge in [0.1, 0.15) is 0 Å². The van der Waals surface area contributed by atoms with E-state index in [-0.39, 0.29) is 0 Å². The molecule has 0 atom stereocenters. The standard InChI is InChI=1S/C17H13N3S/c1-2-13-21-17-19-18-16(14-9-5-3-6-10-14)20(17)15-11-7-4-8-12-15/h1,3-12H,13H2. The molecular weight excluding hydrogens is 278 g/mol. The van der Waals surface area contributed by atoms with Crippen molar-refractivity contribution in [3.63, 3.8) is 0 Å². The summed E-state index contributed by atoms with van der Waals surface area (Å²) < 4.78 is 2.04. The fourth-order valence-electron chi connectivity index (χ4n) is 2.05. The van der Waals surface area contributed by atoms with Gasteiger partial charge >= 0.3 is 0 Å². The van der Waals surface area contributed by atoms with Crippen LogP contribution < -0.4 is 0 Å². The molecule has 0 aliphatic carbocycles. The molecule has 2 aromatic carbocycles. The van der Waals surface area contributed by atoms with Crippen LogP contribution in [-0.4, -0.2) is 20.5 Å². The van der Waals surface area contributed by atoms with Gasteiger partial charge in [0, 0.05) is 11.3 Å². The molecule has 3 aromatic rings. The molecule has 4 heteroatoms. The van der Waals surface area contributed by atoms with Crippen LogP contribution in [0.3, 0.4) is 0 Å². The van der Waals surface area contributed by atoms with Crippen molar-refractivity contribution in [2.45, 2.75) is 5.16 Å². The molecule has 0 unspecified atom stereocenters. The maximum Gasteiger partial charge on any atom is 0.197 e. The maximum absolute atomic E-state index is 5.35. The number of hydrogen-bond donors (Lipinski definition) is 0. The van der Waals surface area contributed by atoms with E-state index in [1.807, 2.05) is 65.2 Å². The molecule has 0 aliphatic heterocycles. The van der Waals surface area contributed by atoms with Crippen LogP contribution in [0.25, 0.3) is 17.1 Å². The normalized spacial score (nSPS) is 10.2. The number of benzene rings is 2. The summed E-state index contributed by atoms with van der Waals surface area (Å²) >= 11 is 1.51. The lowest BCUT2D eigenvalue weighted by molar-refractivity contribution is 0.888. The van der Waals surface area contributed by atoms with E-state index in [0.29, 0.717) is 5.75 Å². The molecule has 0 radical (unpaired) electrons. The second-order valence-electron chi connectivity index (χ2n) is 4.34. The topological polar surface area (TPSA) is 30.7 Å². The lowest BCUT2D eigenvalue weighted by Gasteiger charge is -2.09. The summed E-state index contributed by atoms with van der Waals surface area (Å²) in [5.74, 6) is 4.02. The zero-order valence-corrected chi connectivity index (χ0v) is 12.1. The summed E-state index contributed by atoms with van der Waals surface area (Å²) in [5, 5.41) is 9.43. The van der Waals surface area contributed by atoms with Crippen molar-refractivity contribution in [3.8, 4) is 29.4 Å². The molecule has 0 fully saturated rings. The Bertz CT molecular complexity index is 758. The summed E-state index contributed by atoms with van der Waals surface area (Å²) in [6.07, 6.45) is 5.35. The number of hydrogen-bond acceptors (Lipinski definition) is 3. The van der Waals surface area contributed by atoms with Crippen molar-refractivity contribution in [1.29, 1.82) is 0 Å². The molecule has 1 heterocycles. The van der Waals surface area contributed by atoms with E-state index in [1.54, 1.807) is 0 Å². The van der Waals surface area contributed by atoms with Crippen molar-refractivity contribution in [3.05, 3.63) is 60.7 Å². The molecule has 0 aliphatic rings. The van der Waals surface area contributed by atoms with Crippen LogP contribution in [0.5, 0.6) is 0 Å². The third-order valence-electron chi connectivity index (χ3n) is 2.96. The first kappa shape index (κ1) is 13.5. The van der Waals surface area contributed by atoms with Crippen molar-refractivity contribution >= 4 is 11.8 Å². The largest absolute Gasteiger partial charge is 0.270 e. The van der Waals surface area contributed by atoms with Crippen LogP contribution in [0.4, 0.5) is 0 Å². The summed E-state index contributed by atoms with van der Waals surface area (Å²) in [5.41, 5.74) is 2.06. The summed E-state index contributed by atoms with van der Waals surface area (Å²) in [6, 6.07) is 20.1. The monoisotopic (exact) mass is 291 g/mol. The van der Waals surface area contributed by atoms with Crippen LogP contribution in [0.1, 0.15) is 0 Å². The van der Waals surface area contributed by atoms with E-state index in [4.69, 9.17) is 6.42 Å². The summed E-state index contributed by atoms with van der Waals surface area (Å²) in [6.45, 7) is 0. The third-order valence-corrected chi connectivity index (χ3v) is 3.80. The smallest absolute Gasteiger partial charge is 0.197 e. The number of aromatic nitrogens is 3. The molecule has 0 spiro atoms. The van der Waals surface area contributed by atoms with Crippen LogP contribution in [0.2, 0.25) is 0 Å². The van der Waals surface area contributed by atoms with Gasteiger partial charge in [0.2, 0.25) is 0 Å². The zero-order valence-electron chi connectivity index (χ0n) is 11.3. The van der Waals surface area contributed by atoms with Crippen LogP contribution >= 0.6 is 11.8 Å². The maximum atomic E-state index is 5.35. The molecule has 0 saturated heterocycles. The average molecular weight is 291 g/mol. The van der Waals surface area contributed by atoms with Gasteiger partial charge < -0.3 is 0 Å². The molecule has 3 nitrogen and oxygen atoms in total. The lowest BCUT2D eigenvalue weighted by atomic mass is 10.2. The van der Waals surface area contributed by atoms with E-state index in [2.05, 4.69) is 16.1 Å². The Morgan fingerprint density at radius 3 is 2.29 bits per heavy atom. The van der Waals surface area contributed by atoms with Gasteiger partial charge in [-0.15, -0.1) is 16.6 Å². The van der Waals surface area contributed by atoms with E-state index in [0.717, 1.165) is 22.2 Å². The minimum Gasteiger partial charge on any atom is -0.270 e.